The Morgan fingerprint density at radius 2 is 2.00 bits per heavy atom. The van der Waals surface area contributed by atoms with E-state index in [2.05, 4.69) is 27.7 Å². The number of ether oxygens (including phenoxy) is 1. The molecule has 0 aliphatic rings. The number of thioether (sulfide) groups is 1. The average Bonchev–Trinajstić information content (AvgIpc) is 2.01. The lowest BCUT2D eigenvalue weighted by molar-refractivity contribution is 0.0748. The molecule has 0 fully saturated rings. The number of thiocarbonyl (C=S) groups is 1. The molecule has 1 nitrogen and oxygen atoms in total. The molecular weight excluding hydrogens is 200 g/mol. The van der Waals surface area contributed by atoms with Gasteiger partial charge < -0.3 is 4.74 Å². The normalized spacial score (nSPS) is 13.9. The second-order valence-corrected chi connectivity index (χ2v) is 5.62. The van der Waals surface area contributed by atoms with Gasteiger partial charge in [0.05, 0.1) is 0 Å². The summed E-state index contributed by atoms with van der Waals surface area (Å²) in [6.45, 7) is 8.74. The fraction of sp³-hybridized carbons (Fsp3) is 0.900. The van der Waals surface area contributed by atoms with Crippen LogP contribution in [0, 0.1) is 5.41 Å². The zero-order chi connectivity index (χ0) is 10.5. The summed E-state index contributed by atoms with van der Waals surface area (Å²) in [5.41, 5.74) is 0.176. The van der Waals surface area contributed by atoms with Crippen molar-refractivity contribution in [2.24, 2.45) is 5.41 Å². The van der Waals surface area contributed by atoms with E-state index in [4.69, 9.17) is 17.0 Å². The molecule has 0 spiro atoms. The molecule has 0 rings (SSSR count). The maximum atomic E-state index is 5.70. The number of hydrogen-bond donors (Lipinski definition) is 0. The summed E-state index contributed by atoms with van der Waals surface area (Å²) in [4.78, 5) is 0. The second kappa shape index (κ2) is 5.86. The maximum absolute atomic E-state index is 5.70. The smallest absolute Gasteiger partial charge is 0.219 e. The first-order chi connectivity index (χ1) is 5.91. The summed E-state index contributed by atoms with van der Waals surface area (Å²) >= 11 is 6.56. The molecule has 0 saturated carbocycles. The third-order valence-corrected chi connectivity index (χ3v) is 2.95. The fourth-order valence-electron chi connectivity index (χ4n) is 1.10. The SMILES string of the molecule is CCCC(OC(=S)SC)C(C)(C)C. The van der Waals surface area contributed by atoms with Gasteiger partial charge in [0.25, 0.3) is 0 Å². The predicted molar refractivity (Wildman–Crippen MR) is 65.3 cm³/mol. The van der Waals surface area contributed by atoms with E-state index in [0.717, 1.165) is 12.8 Å². The first-order valence-corrected chi connectivity index (χ1v) is 6.29. The van der Waals surface area contributed by atoms with Crippen molar-refractivity contribution in [3.8, 4) is 0 Å². The van der Waals surface area contributed by atoms with Crippen LogP contribution >= 0.6 is 24.0 Å². The van der Waals surface area contributed by atoms with Gasteiger partial charge in [-0.05, 0) is 30.3 Å². The second-order valence-electron chi connectivity index (χ2n) is 4.22. The third-order valence-electron chi connectivity index (χ3n) is 1.92. The molecule has 78 valence electrons. The van der Waals surface area contributed by atoms with Crippen molar-refractivity contribution >= 4 is 28.4 Å². The highest BCUT2D eigenvalue weighted by Crippen LogP contribution is 2.27. The minimum Gasteiger partial charge on any atom is -0.475 e. The van der Waals surface area contributed by atoms with Crippen LogP contribution in [0.2, 0.25) is 0 Å². The van der Waals surface area contributed by atoms with Crippen LogP contribution in [0.15, 0.2) is 0 Å². The lowest BCUT2D eigenvalue weighted by Crippen LogP contribution is -2.30. The van der Waals surface area contributed by atoms with Crippen molar-refractivity contribution in [3.63, 3.8) is 0 Å². The van der Waals surface area contributed by atoms with Crippen molar-refractivity contribution in [1.29, 1.82) is 0 Å². The lowest BCUT2D eigenvalue weighted by Gasteiger charge is -2.30. The molecule has 0 radical (unpaired) electrons. The molecule has 0 aromatic heterocycles. The van der Waals surface area contributed by atoms with E-state index >= 15 is 0 Å². The number of hydrogen-bond acceptors (Lipinski definition) is 3. The summed E-state index contributed by atoms with van der Waals surface area (Å²) in [7, 11) is 0. The van der Waals surface area contributed by atoms with E-state index < -0.39 is 0 Å². The molecule has 0 aromatic carbocycles. The Balaban J connectivity index is 4.18. The van der Waals surface area contributed by atoms with Gasteiger partial charge in [-0.2, -0.15) is 0 Å². The topological polar surface area (TPSA) is 9.23 Å². The van der Waals surface area contributed by atoms with Crippen LogP contribution in [0.25, 0.3) is 0 Å². The van der Waals surface area contributed by atoms with Crippen LogP contribution in [-0.4, -0.2) is 16.7 Å². The van der Waals surface area contributed by atoms with E-state index in [1.165, 1.54) is 11.8 Å². The minimum absolute atomic E-state index is 0.176. The third kappa shape index (κ3) is 5.53. The Bertz CT molecular complexity index is 161. The maximum Gasteiger partial charge on any atom is 0.219 e. The van der Waals surface area contributed by atoms with Crippen molar-refractivity contribution < 1.29 is 4.74 Å². The molecule has 0 bridgehead atoms. The van der Waals surface area contributed by atoms with Gasteiger partial charge in [0.1, 0.15) is 6.10 Å². The molecule has 0 amide bonds. The van der Waals surface area contributed by atoms with Gasteiger partial charge >= 0.3 is 0 Å². The van der Waals surface area contributed by atoms with Crippen molar-refractivity contribution in [1.82, 2.24) is 0 Å². The molecule has 13 heavy (non-hydrogen) atoms. The molecular formula is C10H20OS2. The molecule has 3 heteroatoms. The standard InChI is InChI=1S/C10H20OS2/c1-6-7-8(10(2,3)4)11-9(12)13-5/h8H,6-7H2,1-5H3. The summed E-state index contributed by atoms with van der Waals surface area (Å²) in [5.74, 6) is 0. The molecule has 0 heterocycles. The first kappa shape index (κ1) is 13.2. The van der Waals surface area contributed by atoms with Crippen LogP contribution in [0.4, 0.5) is 0 Å². The quantitative estimate of drug-likeness (QED) is 0.668. The zero-order valence-electron chi connectivity index (χ0n) is 9.22. The van der Waals surface area contributed by atoms with E-state index in [1.807, 2.05) is 6.26 Å². The molecule has 1 unspecified atom stereocenters. The minimum atomic E-state index is 0.176. The van der Waals surface area contributed by atoms with E-state index in [9.17, 15) is 0 Å². The largest absolute Gasteiger partial charge is 0.475 e. The van der Waals surface area contributed by atoms with Gasteiger partial charge in [0, 0.05) is 0 Å². The summed E-state index contributed by atoms with van der Waals surface area (Å²) in [5, 5.41) is 0. The van der Waals surface area contributed by atoms with Gasteiger partial charge in [-0.3, -0.25) is 0 Å². The Hall–Kier alpha value is 0.240. The van der Waals surface area contributed by atoms with Crippen LogP contribution in [0.1, 0.15) is 40.5 Å². The summed E-state index contributed by atoms with van der Waals surface area (Å²) < 4.78 is 6.36. The zero-order valence-corrected chi connectivity index (χ0v) is 10.8. The van der Waals surface area contributed by atoms with Crippen molar-refractivity contribution in [2.45, 2.75) is 46.6 Å². The van der Waals surface area contributed by atoms with Gasteiger partial charge in [-0.15, -0.1) is 0 Å². The van der Waals surface area contributed by atoms with Gasteiger partial charge in [0.2, 0.25) is 4.38 Å². The van der Waals surface area contributed by atoms with Crippen LogP contribution in [0.3, 0.4) is 0 Å². The Kier molecular flexibility index (Phi) is 5.97. The molecule has 0 saturated heterocycles. The van der Waals surface area contributed by atoms with Crippen molar-refractivity contribution in [2.75, 3.05) is 6.26 Å². The highest BCUT2D eigenvalue weighted by atomic mass is 32.2. The summed E-state index contributed by atoms with van der Waals surface area (Å²) in [6, 6.07) is 0. The number of rotatable bonds is 3. The average molecular weight is 220 g/mol. The Labute approximate surface area is 91.6 Å². The van der Waals surface area contributed by atoms with Gasteiger partial charge in [-0.1, -0.05) is 45.9 Å². The van der Waals surface area contributed by atoms with Gasteiger partial charge in [0.15, 0.2) is 0 Å². The lowest BCUT2D eigenvalue weighted by atomic mass is 9.86. The monoisotopic (exact) mass is 220 g/mol. The van der Waals surface area contributed by atoms with E-state index in [0.29, 0.717) is 4.38 Å². The van der Waals surface area contributed by atoms with Crippen LogP contribution < -0.4 is 0 Å². The Morgan fingerprint density at radius 3 is 2.31 bits per heavy atom. The van der Waals surface area contributed by atoms with Gasteiger partial charge in [-0.25, -0.2) is 0 Å². The highest BCUT2D eigenvalue weighted by molar-refractivity contribution is 8.22. The van der Waals surface area contributed by atoms with Crippen LogP contribution in [-0.2, 0) is 4.74 Å². The predicted octanol–water partition coefficient (Wildman–Crippen LogP) is 3.87. The Morgan fingerprint density at radius 1 is 1.46 bits per heavy atom. The molecule has 0 aromatic rings. The summed E-state index contributed by atoms with van der Waals surface area (Å²) in [6.07, 6.45) is 4.41. The van der Waals surface area contributed by atoms with E-state index in [-0.39, 0.29) is 11.5 Å². The molecule has 0 N–H and O–H groups in total. The first-order valence-electron chi connectivity index (χ1n) is 4.66. The molecule has 0 aliphatic heterocycles. The van der Waals surface area contributed by atoms with E-state index in [1.54, 1.807) is 0 Å². The fourth-order valence-corrected chi connectivity index (χ4v) is 1.42. The molecule has 1 atom stereocenters. The van der Waals surface area contributed by atoms with Crippen LogP contribution in [0.5, 0.6) is 0 Å². The highest BCUT2D eigenvalue weighted by Gasteiger charge is 2.26. The molecule has 0 aliphatic carbocycles. The van der Waals surface area contributed by atoms with Crippen molar-refractivity contribution in [3.05, 3.63) is 0 Å².